The van der Waals surface area contributed by atoms with Gasteiger partial charge in [0.15, 0.2) is 0 Å². The highest BCUT2D eigenvalue weighted by atomic mass is 19.4. The zero-order valence-electron chi connectivity index (χ0n) is 9.47. The summed E-state index contributed by atoms with van der Waals surface area (Å²) in [4.78, 5) is 11.2. The zero-order chi connectivity index (χ0) is 12.6. The molecule has 0 amide bonds. The lowest BCUT2D eigenvalue weighted by atomic mass is 9.92. The summed E-state index contributed by atoms with van der Waals surface area (Å²) in [7, 11) is 0. The van der Waals surface area contributed by atoms with Crippen molar-refractivity contribution in [3.63, 3.8) is 0 Å². The highest BCUT2D eigenvalue weighted by Crippen LogP contribution is 2.36. The van der Waals surface area contributed by atoms with Crippen molar-refractivity contribution in [2.24, 2.45) is 0 Å². The van der Waals surface area contributed by atoms with Crippen LogP contribution in [-0.2, 0) is 11.0 Å². The SMILES string of the molecule is Cc1cc(C(F)(F)F)ccc1C1CCC(=O)C1. The van der Waals surface area contributed by atoms with E-state index in [9.17, 15) is 18.0 Å². The van der Waals surface area contributed by atoms with E-state index in [-0.39, 0.29) is 11.7 Å². The molecule has 1 aliphatic rings. The average Bonchev–Trinajstić information content (AvgIpc) is 2.63. The van der Waals surface area contributed by atoms with Crippen LogP contribution in [0.1, 0.15) is 41.9 Å². The lowest BCUT2D eigenvalue weighted by Crippen LogP contribution is -2.07. The van der Waals surface area contributed by atoms with Gasteiger partial charge in [0.05, 0.1) is 5.56 Å². The molecule has 0 heterocycles. The Bertz CT molecular complexity index is 448. The minimum atomic E-state index is -4.30. The Morgan fingerprint density at radius 1 is 1.29 bits per heavy atom. The normalized spacial score (nSPS) is 20.9. The van der Waals surface area contributed by atoms with E-state index in [2.05, 4.69) is 0 Å². The second-order valence-electron chi connectivity index (χ2n) is 4.55. The van der Waals surface area contributed by atoms with Gasteiger partial charge in [-0.2, -0.15) is 13.2 Å². The molecule has 1 nitrogen and oxygen atoms in total. The molecule has 2 rings (SSSR count). The van der Waals surface area contributed by atoms with Crippen molar-refractivity contribution >= 4 is 5.78 Å². The summed E-state index contributed by atoms with van der Waals surface area (Å²) < 4.78 is 37.5. The zero-order valence-corrected chi connectivity index (χ0v) is 9.47. The van der Waals surface area contributed by atoms with E-state index in [4.69, 9.17) is 0 Å². The Labute approximate surface area is 97.6 Å². The average molecular weight is 242 g/mol. The minimum absolute atomic E-state index is 0.102. The molecular formula is C13H13F3O. The summed E-state index contributed by atoms with van der Waals surface area (Å²) in [5.74, 6) is 0.305. The first-order chi connectivity index (χ1) is 7.88. The summed E-state index contributed by atoms with van der Waals surface area (Å²) in [6.45, 7) is 1.67. The monoisotopic (exact) mass is 242 g/mol. The largest absolute Gasteiger partial charge is 0.416 e. The van der Waals surface area contributed by atoms with Crippen LogP contribution in [0.5, 0.6) is 0 Å². The Balaban J connectivity index is 2.29. The summed E-state index contributed by atoms with van der Waals surface area (Å²) >= 11 is 0. The first-order valence-corrected chi connectivity index (χ1v) is 5.57. The number of carbonyl (C=O) groups excluding carboxylic acids is 1. The molecule has 1 unspecified atom stereocenters. The van der Waals surface area contributed by atoms with Crippen LogP contribution in [0.3, 0.4) is 0 Å². The standard InChI is InChI=1S/C13H13F3O/c1-8-6-10(13(14,15)16)3-5-12(8)9-2-4-11(17)7-9/h3,5-6,9H,2,4,7H2,1H3. The third-order valence-corrected chi connectivity index (χ3v) is 3.28. The van der Waals surface area contributed by atoms with E-state index >= 15 is 0 Å². The van der Waals surface area contributed by atoms with Crippen LogP contribution < -0.4 is 0 Å². The molecule has 1 saturated carbocycles. The second-order valence-corrected chi connectivity index (χ2v) is 4.55. The molecule has 1 aromatic rings. The molecule has 0 radical (unpaired) electrons. The van der Waals surface area contributed by atoms with Crippen LogP contribution in [0, 0.1) is 6.92 Å². The van der Waals surface area contributed by atoms with E-state index in [0.29, 0.717) is 18.4 Å². The van der Waals surface area contributed by atoms with E-state index in [0.717, 1.165) is 24.1 Å². The lowest BCUT2D eigenvalue weighted by molar-refractivity contribution is -0.137. The van der Waals surface area contributed by atoms with Gasteiger partial charge in [-0.05, 0) is 42.5 Å². The number of alkyl halides is 3. The van der Waals surface area contributed by atoms with Gasteiger partial charge in [0.2, 0.25) is 0 Å². The molecular weight excluding hydrogens is 229 g/mol. The first kappa shape index (κ1) is 12.1. The van der Waals surface area contributed by atoms with Crippen LogP contribution in [0.4, 0.5) is 13.2 Å². The van der Waals surface area contributed by atoms with E-state index in [1.807, 2.05) is 0 Å². The number of rotatable bonds is 1. The Morgan fingerprint density at radius 2 is 2.00 bits per heavy atom. The fraction of sp³-hybridized carbons (Fsp3) is 0.462. The molecule has 0 aliphatic heterocycles. The van der Waals surface area contributed by atoms with Crippen LogP contribution >= 0.6 is 0 Å². The van der Waals surface area contributed by atoms with E-state index in [1.165, 1.54) is 6.07 Å². The van der Waals surface area contributed by atoms with E-state index in [1.54, 1.807) is 6.92 Å². The van der Waals surface area contributed by atoms with Crippen LogP contribution in [0.2, 0.25) is 0 Å². The third kappa shape index (κ3) is 2.51. The number of aryl methyl sites for hydroxylation is 1. The van der Waals surface area contributed by atoms with Crippen molar-refractivity contribution in [3.8, 4) is 0 Å². The van der Waals surface area contributed by atoms with Gasteiger partial charge in [-0.1, -0.05) is 6.07 Å². The molecule has 0 bridgehead atoms. The summed E-state index contributed by atoms with van der Waals surface area (Å²) in [5.41, 5.74) is 0.881. The fourth-order valence-electron chi connectivity index (χ4n) is 2.39. The molecule has 92 valence electrons. The number of hydrogen-bond acceptors (Lipinski definition) is 1. The van der Waals surface area contributed by atoms with Gasteiger partial charge in [-0.15, -0.1) is 0 Å². The number of Topliss-reactive ketones (excluding diaryl/α,β-unsaturated/α-hetero) is 1. The number of halogens is 3. The van der Waals surface area contributed by atoms with Gasteiger partial charge < -0.3 is 0 Å². The van der Waals surface area contributed by atoms with Crippen LogP contribution in [0.25, 0.3) is 0 Å². The Hall–Kier alpha value is -1.32. The van der Waals surface area contributed by atoms with Crippen molar-refractivity contribution in [1.29, 1.82) is 0 Å². The molecule has 1 atom stereocenters. The summed E-state index contributed by atoms with van der Waals surface area (Å²) in [6, 6.07) is 3.78. The van der Waals surface area contributed by atoms with Gasteiger partial charge >= 0.3 is 6.18 Å². The Morgan fingerprint density at radius 3 is 2.47 bits per heavy atom. The molecule has 17 heavy (non-hydrogen) atoms. The quantitative estimate of drug-likeness (QED) is 0.731. The first-order valence-electron chi connectivity index (χ1n) is 5.57. The van der Waals surface area contributed by atoms with Crippen molar-refractivity contribution in [3.05, 3.63) is 34.9 Å². The fourth-order valence-corrected chi connectivity index (χ4v) is 2.39. The van der Waals surface area contributed by atoms with E-state index < -0.39 is 11.7 Å². The van der Waals surface area contributed by atoms with Gasteiger partial charge in [0.25, 0.3) is 0 Å². The number of carbonyl (C=O) groups is 1. The molecule has 0 aromatic heterocycles. The van der Waals surface area contributed by atoms with Gasteiger partial charge in [0, 0.05) is 12.8 Å². The maximum atomic E-state index is 12.5. The third-order valence-electron chi connectivity index (χ3n) is 3.28. The van der Waals surface area contributed by atoms with Crippen molar-refractivity contribution in [2.45, 2.75) is 38.3 Å². The molecule has 0 saturated heterocycles. The smallest absolute Gasteiger partial charge is 0.300 e. The van der Waals surface area contributed by atoms with Crippen LogP contribution in [-0.4, -0.2) is 5.78 Å². The summed E-state index contributed by atoms with van der Waals surface area (Å²) in [6.07, 6.45) is -2.53. The van der Waals surface area contributed by atoms with Crippen LogP contribution in [0.15, 0.2) is 18.2 Å². The molecule has 1 aromatic carbocycles. The number of ketones is 1. The highest BCUT2D eigenvalue weighted by Gasteiger charge is 2.32. The molecule has 1 aliphatic carbocycles. The predicted molar refractivity (Wildman–Crippen MR) is 57.8 cm³/mol. The van der Waals surface area contributed by atoms with Crippen molar-refractivity contribution in [2.75, 3.05) is 0 Å². The summed E-state index contributed by atoms with van der Waals surface area (Å²) in [5, 5.41) is 0. The highest BCUT2D eigenvalue weighted by molar-refractivity contribution is 5.81. The number of benzene rings is 1. The predicted octanol–water partition coefficient (Wildman–Crippen LogP) is 3.85. The Kier molecular flexibility index (Phi) is 2.98. The molecule has 0 spiro atoms. The second kappa shape index (κ2) is 4.17. The topological polar surface area (TPSA) is 17.1 Å². The lowest BCUT2D eigenvalue weighted by Gasteiger charge is -2.15. The van der Waals surface area contributed by atoms with Crippen molar-refractivity contribution in [1.82, 2.24) is 0 Å². The van der Waals surface area contributed by atoms with Gasteiger partial charge in [0.1, 0.15) is 5.78 Å². The maximum absolute atomic E-state index is 12.5. The maximum Gasteiger partial charge on any atom is 0.416 e. The van der Waals surface area contributed by atoms with Crippen molar-refractivity contribution < 1.29 is 18.0 Å². The minimum Gasteiger partial charge on any atom is -0.300 e. The molecule has 4 heteroatoms. The molecule has 1 fully saturated rings. The van der Waals surface area contributed by atoms with Gasteiger partial charge in [-0.3, -0.25) is 4.79 Å². The number of hydrogen-bond donors (Lipinski definition) is 0. The molecule has 0 N–H and O–H groups in total. The van der Waals surface area contributed by atoms with Gasteiger partial charge in [-0.25, -0.2) is 0 Å².